The molecular weight excluding hydrogens is 188 g/mol. The van der Waals surface area contributed by atoms with E-state index in [1.807, 2.05) is 0 Å². The summed E-state index contributed by atoms with van der Waals surface area (Å²) in [4.78, 5) is 13.2. The summed E-state index contributed by atoms with van der Waals surface area (Å²) in [5, 5.41) is 2.94. The average molecular weight is 212 g/mol. The summed E-state index contributed by atoms with van der Waals surface area (Å²) in [6, 6.07) is 0.509. The third-order valence-electron chi connectivity index (χ3n) is 3.42. The molecule has 0 aliphatic heterocycles. The van der Waals surface area contributed by atoms with Gasteiger partial charge < -0.3 is 10.2 Å². The van der Waals surface area contributed by atoms with Crippen LogP contribution in [-0.2, 0) is 4.79 Å². The van der Waals surface area contributed by atoms with Crippen molar-refractivity contribution in [2.24, 2.45) is 5.92 Å². The molecule has 1 rings (SSSR count). The first-order valence-electron chi connectivity index (χ1n) is 6.02. The van der Waals surface area contributed by atoms with E-state index in [9.17, 15) is 4.79 Å². The zero-order chi connectivity index (χ0) is 11.3. The summed E-state index contributed by atoms with van der Waals surface area (Å²) in [7, 11) is 4.22. The Hall–Kier alpha value is -0.570. The van der Waals surface area contributed by atoms with Gasteiger partial charge in [0.2, 0.25) is 5.91 Å². The van der Waals surface area contributed by atoms with Gasteiger partial charge in [0.05, 0.1) is 0 Å². The molecule has 1 amide bonds. The Morgan fingerprint density at radius 1 is 1.33 bits per heavy atom. The van der Waals surface area contributed by atoms with Gasteiger partial charge in [0.15, 0.2) is 0 Å². The maximum absolute atomic E-state index is 10.9. The lowest BCUT2D eigenvalue weighted by Gasteiger charge is -2.34. The van der Waals surface area contributed by atoms with E-state index in [0.29, 0.717) is 6.04 Å². The Morgan fingerprint density at radius 2 is 1.93 bits per heavy atom. The fourth-order valence-electron chi connectivity index (χ4n) is 2.54. The Kier molecular flexibility index (Phi) is 5.09. The van der Waals surface area contributed by atoms with Crippen molar-refractivity contribution in [3.63, 3.8) is 0 Å². The lowest BCUT2D eigenvalue weighted by molar-refractivity contribution is -0.119. The molecule has 0 aromatic rings. The lowest BCUT2D eigenvalue weighted by atomic mass is 9.83. The maximum atomic E-state index is 10.9. The highest BCUT2D eigenvalue weighted by Gasteiger charge is 2.25. The first-order valence-corrected chi connectivity index (χ1v) is 6.02. The number of amides is 1. The van der Waals surface area contributed by atoms with Crippen molar-refractivity contribution in [2.45, 2.75) is 45.1 Å². The van der Waals surface area contributed by atoms with Gasteiger partial charge in [-0.3, -0.25) is 4.79 Å². The minimum atomic E-state index is 0.0812. The molecule has 0 spiro atoms. The van der Waals surface area contributed by atoms with E-state index in [-0.39, 0.29) is 5.91 Å². The Morgan fingerprint density at radius 3 is 2.40 bits per heavy atom. The molecule has 0 unspecified atom stereocenters. The molecule has 0 heterocycles. The fourth-order valence-corrected chi connectivity index (χ4v) is 2.54. The summed E-state index contributed by atoms with van der Waals surface area (Å²) < 4.78 is 0. The van der Waals surface area contributed by atoms with Gasteiger partial charge in [0.25, 0.3) is 0 Å². The molecule has 0 bridgehead atoms. The Balaban J connectivity index is 2.44. The number of nitrogens with one attached hydrogen (secondary N) is 1. The second kappa shape index (κ2) is 6.11. The SMILES string of the molecule is CC(=O)NC[C@H](C1CCCCC1)N(C)C. The normalized spacial score (nSPS) is 20.3. The predicted octanol–water partition coefficient (Wildman–Crippen LogP) is 1.63. The second-order valence-electron chi connectivity index (χ2n) is 4.87. The quantitative estimate of drug-likeness (QED) is 0.768. The molecule has 0 aromatic carbocycles. The van der Waals surface area contributed by atoms with E-state index in [1.54, 1.807) is 6.92 Å². The number of nitrogens with zero attached hydrogens (tertiary/aromatic N) is 1. The summed E-state index contributed by atoms with van der Waals surface area (Å²) >= 11 is 0. The highest BCUT2D eigenvalue weighted by molar-refractivity contribution is 5.72. The molecular formula is C12H24N2O. The van der Waals surface area contributed by atoms with Crippen LogP contribution >= 0.6 is 0 Å². The van der Waals surface area contributed by atoms with Gasteiger partial charge in [-0.1, -0.05) is 19.3 Å². The van der Waals surface area contributed by atoms with Crippen molar-refractivity contribution >= 4 is 5.91 Å². The van der Waals surface area contributed by atoms with Crippen LogP contribution in [0.15, 0.2) is 0 Å². The molecule has 0 radical (unpaired) electrons. The standard InChI is InChI=1S/C12H24N2O/c1-10(15)13-9-12(14(2)3)11-7-5-4-6-8-11/h11-12H,4-9H2,1-3H3,(H,13,15)/t12-/m1/s1. The third-order valence-corrected chi connectivity index (χ3v) is 3.42. The second-order valence-corrected chi connectivity index (χ2v) is 4.87. The third kappa shape index (κ3) is 4.20. The van der Waals surface area contributed by atoms with E-state index in [4.69, 9.17) is 0 Å². The van der Waals surface area contributed by atoms with Gasteiger partial charge >= 0.3 is 0 Å². The van der Waals surface area contributed by atoms with Crippen LogP contribution in [0, 0.1) is 5.92 Å². The number of carbonyl (C=O) groups is 1. The molecule has 15 heavy (non-hydrogen) atoms. The molecule has 88 valence electrons. The van der Waals surface area contributed by atoms with Crippen LogP contribution in [0.2, 0.25) is 0 Å². The number of likely N-dealkylation sites (N-methyl/N-ethyl adjacent to an activating group) is 1. The van der Waals surface area contributed by atoms with Gasteiger partial charge in [0, 0.05) is 19.5 Å². The molecule has 3 nitrogen and oxygen atoms in total. The Bertz CT molecular complexity index is 198. The van der Waals surface area contributed by atoms with E-state index in [1.165, 1.54) is 32.1 Å². The van der Waals surface area contributed by atoms with Crippen molar-refractivity contribution in [2.75, 3.05) is 20.6 Å². The maximum Gasteiger partial charge on any atom is 0.216 e. The van der Waals surface area contributed by atoms with Gasteiger partial charge in [-0.05, 0) is 32.9 Å². The van der Waals surface area contributed by atoms with E-state index in [2.05, 4.69) is 24.3 Å². The summed E-state index contributed by atoms with van der Waals surface area (Å²) in [5.41, 5.74) is 0. The van der Waals surface area contributed by atoms with Crippen LogP contribution in [0.25, 0.3) is 0 Å². The van der Waals surface area contributed by atoms with Gasteiger partial charge in [-0.25, -0.2) is 0 Å². The number of rotatable bonds is 4. The monoisotopic (exact) mass is 212 g/mol. The molecule has 1 aliphatic rings. The molecule has 3 heteroatoms. The Labute approximate surface area is 93.2 Å². The topological polar surface area (TPSA) is 32.3 Å². The van der Waals surface area contributed by atoms with Crippen molar-refractivity contribution in [1.82, 2.24) is 10.2 Å². The van der Waals surface area contributed by atoms with Gasteiger partial charge in [-0.15, -0.1) is 0 Å². The molecule has 1 aliphatic carbocycles. The largest absolute Gasteiger partial charge is 0.355 e. The van der Waals surface area contributed by atoms with Gasteiger partial charge in [-0.2, -0.15) is 0 Å². The van der Waals surface area contributed by atoms with Crippen LogP contribution in [0.4, 0.5) is 0 Å². The molecule has 1 atom stereocenters. The van der Waals surface area contributed by atoms with Crippen LogP contribution in [-0.4, -0.2) is 37.5 Å². The minimum Gasteiger partial charge on any atom is -0.355 e. The van der Waals surface area contributed by atoms with E-state index < -0.39 is 0 Å². The molecule has 0 saturated heterocycles. The van der Waals surface area contributed by atoms with Crippen molar-refractivity contribution in [3.8, 4) is 0 Å². The molecule has 0 aromatic heterocycles. The molecule has 1 N–H and O–H groups in total. The predicted molar refractivity (Wildman–Crippen MR) is 62.7 cm³/mol. The van der Waals surface area contributed by atoms with Crippen molar-refractivity contribution in [3.05, 3.63) is 0 Å². The molecule has 1 saturated carbocycles. The number of hydrogen-bond donors (Lipinski definition) is 1. The van der Waals surface area contributed by atoms with E-state index >= 15 is 0 Å². The summed E-state index contributed by atoms with van der Waals surface area (Å²) in [6.45, 7) is 2.39. The zero-order valence-electron chi connectivity index (χ0n) is 10.3. The minimum absolute atomic E-state index is 0.0812. The highest BCUT2D eigenvalue weighted by atomic mass is 16.1. The first kappa shape index (κ1) is 12.5. The summed E-state index contributed by atoms with van der Waals surface area (Å²) in [6.07, 6.45) is 6.74. The van der Waals surface area contributed by atoms with Crippen molar-refractivity contribution < 1.29 is 4.79 Å². The van der Waals surface area contributed by atoms with Crippen LogP contribution in [0.5, 0.6) is 0 Å². The summed E-state index contributed by atoms with van der Waals surface area (Å²) in [5.74, 6) is 0.846. The first-order chi connectivity index (χ1) is 7.11. The fraction of sp³-hybridized carbons (Fsp3) is 0.917. The van der Waals surface area contributed by atoms with Crippen LogP contribution < -0.4 is 5.32 Å². The average Bonchev–Trinajstić information content (AvgIpc) is 2.18. The van der Waals surface area contributed by atoms with E-state index in [0.717, 1.165) is 12.5 Å². The van der Waals surface area contributed by atoms with Crippen LogP contribution in [0.1, 0.15) is 39.0 Å². The van der Waals surface area contributed by atoms with Crippen LogP contribution in [0.3, 0.4) is 0 Å². The van der Waals surface area contributed by atoms with Crippen molar-refractivity contribution in [1.29, 1.82) is 0 Å². The molecule has 1 fully saturated rings. The number of carbonyl (C=O) groups excluding carboxylic acids is 1. The zero-order valence-corrected chi connectivity index (χ0v) is 10.3. The lowest BCUT2D eigenvalue weighted by Crippen LogP contribution is -2.45. The highest BCUT2D eigenvalue weighted by Crippen LogP contribution is 2.27. The number of hydrogen-bond acceptors (Lipinski definition) is 2. The smallest absolute Gasteiger partial charge is 0.216 e. The van der Waals surface area contributed by atoms with Gasteiger partial charge in [0.1, 0.15) is 0 Å².